The van der Waals surface area contributed by atoms with Gasteiger partial charge in [-0.1, -0.05) is 38.3 Å². The smallest absolute Gasteiger partial charge is 0.315 e. The third-order valence-corrected chi connectivity index (χ3v) is 4.12. The number of benzene rings is 1. The highest BCUT2D eigenvalue weighted by Crippen LogP contribution is 2.20. The van der Waals surface area contributed by atoms with Gasteiger partial charge < -0.3 is 15.4 Å². The number of aryl methyl sites for hydroxylation is 1. The molecule has 2 N–H and O–H groups in total. The van der Waals surface area contributed by atoms with Gasteiger partial charge in [0, 0.05) is 12.6 Å². The van der Waals surface area contributed by atoms with Gasteiger partial charge in [-0.15, -0.1) is 0 Å². The second-order valence-electron chi connectivity index (χ2n) is 5.66. The van der Waals surface area contributed by atoms with Crippen molar-refractivity contribution in [2.24, 2.45) is 0 Å². The Labute approximate surface area is 127 Å². The number of methoxy groups -OCH3 is 1. The molecule has 1 aliphatic carbocycles. The van der Waals surface area contributed by atoms with Crippen LogP contribution in [0.2, 0.25) is 0 Å². The Morgan fingerprint density at radius 2 is 2.05 bits per heavy atom. The van der Waals surface area contributed by atoms with Crippen LogP contribution in [0.4, 0.5) is 4.79 Å². The van der Waals surface area contributed by atoms with E-state index in [4.69, 9.17) is 4.74 Å². The number of hydrogen-bond acceptors (Lipinski definition) is 2. The number of ether oxygens (including phenoxy) is 1. The van der Waals surface area contributed by atoms with Gasteiger partial charge in [0.05, 0.1) is 7.11 Å². The van der Waals surface area contributed by atoms with Crippen molar-refractivity contribution >= 4 is 6.03 Å². The van der Waals surface area contributed by atoms with Crippen LogP contribution >= 0.6 is 0 Å². The average molecular weight is 290 g/mol. The third-order valence-electron chi connectivity index (χ3n) is 4.12. The summed E-state index contributed by atoms with van der Waals surface area (Å²) >= 11 is 0. The van der Waals surface area contributed by atoms with E-state index in [1.54, 1.807) is 7.11 Å². The predicted octanol–water partition coefficient (Wildman–Crippen LogP) is 3.39. The molecular weight excluding hydrogens is 264 g/mol. The molecule has 21 heavy (non-hydrogen) atoms. The van der Waals surface area contributed by atoms with E-state index >= 15 is 0 Å². The Morgan fingerprint density at radius 1 is 1.29 bits per heavy atom. The van der Waals surface area contributed by atoms with Gasteiger partial charge in [0.25, 0.3) is 0 Å². The molecule has 0 unspecified atom stereocenters. The molecule has 0 radical (unpaired) electrons. The van der Waals surface area contributed by atoms with Crippen molar-refractivity contribution in [2.45, 2.75) is 58.0 Å². The summed E-state index contributed by atoms with van der Waals surface area (Å²) in [6.45, 7) is 2.65. The SMILES string of the molecule is CCc1cc(CNC(=O)NC2CCCCC2)ccc1OC. The Balaban J connectivity index is 1.83. The van der Waals surface area contributed by atoms with Crippen molar-refractivity contribution in [3.8, 4) is 5.75 Å². The van der Waals surface area contributed by atoms with Gasteiger partial charge in [-0.2, -0.15) is 0 Å². The summed E-state index contributed by atoms with van der Waals surface area (Å²) in [7, 11) is 1.68. The number of nitrogens with one attached hydrogen (secondary N) is 2. The first-order valence-corrected chi connectivity index (χ1v) is 7.93. The molecule has 1 saturated carbocycles. The molecule has 2 rings (SSSR count). The standard InChI is InChI=1S/C17H26N2O2/c1-3-14-11-13(9-10-16(14)21-2)12-18-17(20)19-15-7-5-4-6-8-15/h9-11,15H,3-8,12H2,1-2H3,(H2,18,19,20). The average Bonchev–Trinajstić information content (AvgIpc) is 2.53. The van der Waals surface area contributed by atoms with E-state index in [0.29, 0.717) is 12.6 Å². The quantitative estimate of drug-likeness (QED) is 0.873. The number of carbonyl (C=O) groups is 1. The minimum Gasteiger partial charge on any atom is -0.496 e. The Hall–Kier alpha value is -1.71. The lowest BCUT2D eigenvalue weighted by atomic mass is 9.96. The number of hydrogen-bond donors (Lipinski definition) is 2. The molecule has 0 bridgehead atoms. The lowest BCUT2D eigenvalue weighted by molar-refractivity contribution is 0.232. The van der Waals surface area contributed by atoms with E-state index in [-0.39, 0.29) is 6.03 Å². The van der Waals surface area contributed by atoms with Crippen LogP contribution in [0, 0.1) is 0 Å². The third kappa shape index (κ3) is 4.66. The highest BCUT2D eigenvalue weighted by Gasteiger charge is 2.15. The molecule has 0 atom stereocenters. The zero-order valence-electron chi connectivity index (χ0n) is 13.1. The summed E-state index contributed by atoms with van der Waals surface area (Å²) < 4.78 is 5.32. The monoisotopic (exact) mass is 290 g/mol. The normalized spacial score (nSPS) is 15.5. The molecule has 116 valence electrons. The molecule has 1 aromatic rings. The molecule has 4 nitrogen and oxygen atoms in total. The minimum atomic E-state index is -0.0595. The molecule has 1 fully saturated rings. The lowest BCUT2D eigenvalue weighted by Gasteiger charge is -2.22. The van der Waals surface area contributed by atoms with Gasteiger partial charge in [-0.3, -0.25) is 0 Å². The van der Waals surface area contributed by atoms with E-state index in [2.05, 4.69) is 23.6 Å². The summed E-state index contributed by atoms with van der Waals surface area (Å²) in [5.74, 6) is 0.910. The molecule has 0 saturated heterocycles. The first-order valence-electron chi connectivity index (χ1n) is 7.93. The van der Waals surface area contributed by atoms with Crippen molar-refractivity contribution in [3.05, 3.63) is 29.3 Å². The van der Waals surface area contributed by atoms with Crippen molar-refractivity contribution in [3.63, 3.8) is 0 Å². The number of carbonyl (C=O) groups excluding carboxylic acids is 1. The van der Waals surface area contributed by atoms with E-state index in [9.17, 15) is 4.79 Å². The zero-order valence-corrected chi connectivity index (χ0v) is 13.1. The minimum absolute atomic E-state index is 0.0595. The van der Waals surface area contributed by atoms with Crippen LogP contribution in [-0.4, -0.2) is 19.2 Å². The van der Waals surface area contributed by atoms with E-state index < -0.39 is 0 Å². The molecule has 0 spiro atoms. The predicted molar refractivity (Wildman–Crippen MR) is 84.6 cm³/mol. The number of rotatable bonds is 5. The molecule has 2 amide bonds. The van der Waals surface area contributed by atoms with Crippen molar-refractivity contribution < 1.29 is 9.53 Å². The van der Waals surface area contributed by atoms with Gasteiger partial charge in [0.1, 0.15) is 5.75 Å². The molecule has 0 aliphatic heterocycles. The molecule has 4 heteroatoms. The van der Waals surface area contributed by atoms with Crippen molar-refractivity contribution in [2.75, 3.05) is 7.11 Å². The Morgan fingerprint density at radius 3 is 2.71 bits per heavy atom. The first kappa shape index (κ1) is 15.7. The van der Waals surface area contributed by atoms with E-state index in [0.717, 1.165) is 30.6 Å². The maximum absolute atomic E-state index is 11.9. The molecule has 1 aromatic carbocycles. The van der Waals surface area contributed by atoms with Crippen LogP contribution in [0.5, 0.6) is 5.75 Å². The molecule has 1 aliphatic rings. The van der Waals surface area contributed by atoms with E-state index in [1.165, 1.54) is 24.8 Å². The van der Waals surface area contributed by atoms with Crippen LogP contribution in [0.1, 0.15) is 50.2 Å². The van der Waals surface area contributed by atoms with Crippen molar-refractivity contribution in [1.29, 1.82) is 0 Å². The van der Waals surface area contributed by atoms with Crippen LogP contribution in [0.15, 0.2) is 18.2 Å². The van der Waals surface area contributed by atoms with Gasteiger partial charge >= 0.3 is 6.03 Å². The molecular formula is C17H26N2O2. The fourth-order valence-corrected chi connectivity index (χ4v) is 2.88. The summed E-state index contributed by atoms with van der Waals surface area (Å²) in [6, 6.07) is 6.35. The molecule has 0 aromatic heterocycles. The largest absolute Gasteiger partial charge is 0.496 e. The lowest BCUT2D eigenvalue weighted by Crippen LogP contribution is -2.42. The summed E-state index contributed by atoms with van der Waals surface area (Å²) in [4.78, 5) is 11.9. The highest BCUT2D eigenvalue weighted by atomic mass is 16.5. The topological polar surface area (TPSA) is 50.4 Å². The van der Waals surface area contributed by atoms with Gasteiger partial charge in [-0.05, 0) is 36.5 Å². The molecule has 0 heterocycles. The van der Waals surface area contributed by atoms with Gasteiger partial charge in [-0.25, -0.2) is 4.79 Å². The second-order valence-corrected chi connectivity index (χ2v) is 5.66. The Kier molecular flexibility index (Phi) is 5.90. The van der Waals surface area contributed by atoms with E-state index in [1.807, 2.05) is 12.1 Å². The van der Waals surface area contributed by atoms with Crippen LogP contribution in [0.25, 0.3) is 0 Å². The second kappa shape index (κ2) is 7.91. The first-order chi connectivity index (χ1) is 10.2. The fraction of sp³-hybridized carbons (Fsp3) is 0.588. The maximum Gasteiger partial charge on any atom is 0.315 e. The van der Waals surface area contributed by atoms with Crippen LogP contribution in [0.3, 0.4) is 0 Å². The summed E-state index contributed by atoms with van der Waals surface area (Å²) in [5.41, 5.74) is 2.27. The highest BCUT2D eigenvalue weighted by molar-refractivity contribution is 5.74. The van der Waals surface area contributed by atoms with Gasteiger partial charge in [0.15, 0.2) is 0 Å². The fourth-order valence-electron chi connectivity index (χ4n) is 2.88. The van der Waals surface area contributed by atoms with Crippen LogP contribution < -0.4 is 15.4 Å². The Bertz CT molecular complexity index is 468. The summed E-state index contributed by atoms with van der Waals surface area (Å²) in [5, 5.41) is 6.01. The summed E-state index contributed by atoms with van der Waals surface area (Å²) in [6.07, 6.45) is 6.88. The maximum atomic E-state index is 11.9. The zero-order chi connectivity index (χ0) is 15.1. The van der Waals surface area contributed by atoms with Crippen LogP contribution in [-0.2, 0) is 13.0 Å². The number of amides is 2. The van der Waals surface area contributed by atoms with Crippen molar-refractivity contribution in [1.82, 2.24) is 10.6 Å². The number of urea groups is 1. The van der Waals surface area contributed by atoms with Gasteiger partial charge in [0.2, 0.25) is 0 Å².